The number of nitrogens with two attached hydrogens (primary N) is 1. The summed E-state index contributed by atoms with van der Waals surface area (Å²) in [4.78, 5) is 14.9. The number of rotatable bonds is 3. The van der Waals surface area contributed by atoms with E-state index < -0.39 is 17.8 Å². The first kappa shape index (κ1) is 15.6. The first-order chi connectivity index (χ1) is 9.84. The second-order valence-electron chi connectivity index (χ2n) is 5.18. The van der Waals surface area contributed by atoms with Gasteiger partial charge in [-0.1, -0.05) is 19.3 Å². The van der Waals surface area contributed by atoms with Gasteiger partial charge in [-0.3, -0.25) is 4.79 Å². The molecule has 1 fully saturated rings. The number of aromatic nitrogens is 1. The molecule has 2 rings (SSSR count). The van der Waals surface area contributed by atoms with E-state index in [1.54, 1.807) is 0 Å². The number of ether oxygens (including phenoxy) is 1. The fourth-order valence-corrected chi connectivity index (χ4v) is 2.80. The Morgan fingerprint density at radius 3 is 2.43 bits per heavy atom. The topological polar surface area (TPSA) is 65.2 Å². The van der Waals surface area contributed by atoms with E-state index >= 15 is 0 Å². The number of amides is 1. The molecule has 7 heteroatoms. The third-order valence-electron chi connectivity index (χ3n) is 3.79. The molecule has 0 unspecified atom stereocenters. The van der Waals surface area contributed by atoms with Gasteiger partial charge in [0.05, 0.1) is 7.11 Å². The zero-order valence-electron chi connectivity index (χ0n) is 11.7. The van der Waals surface area contributed by atoms with Crippen molar-refractivity contribution in [3.63, 3.8) is 0 Å². The Morgan fingerprint density at radius 2 is 1.95 bits per heavy atom. The molecular formula is C14H17F3N2O2. The summed E-state index contributed by atoms with van der Waals surface area (Å²) in [5.74, 6) is -1.47. The van der Waals surface area contributed by atoms with Crippen molar-refractivity contribution in [1.29, 1.82) is 0 Å². The molecule has 0 aliphatic heterocycles. The minimum atomic E-state index is -4.59. The highest BCUT2D eigenvalue weighted by Crippen LogP contribution is 2.41. The van der Waals surface area contributed by atoms with Gasteiger partial charge in [-0.05, 0) is 30.4 Å². The highest BCUT2D eigenvalue weighted by Gasteiger charge is 2.39. The number of pyridine rings is 1. The van der Waals surface area contributed by atoms with Gasteiger partial charge in [0.25, 0.3) is 5.91 Å². The standard InChI is InChI=1S/C14H17F3N2O2/c1-21-13-10(12(18)20)7-9(8-5-3-2-4-6-8)11(19-13)14(15,16)17/h7-8H,2-6H2,1H3,(H2,18,20). The lowest BCUT2D eigenvalue weighted by Gasteiger charge is -2.25. The van der Waals surface area contributed by atoms with Crippen LogP contribution in [0, 0.1) is 0 Å². The summed E-state index contributed by atoms with van der Waals surface area (Å²) in [6.45, 7) is 0. The van der Waals surface area contributed by atoms with E-state index in [-0.39, 0.29) is 22.9 Å². The Balaban J connectivity index is 2.58. The Hall–Kier alpha value is -1.79. The summed E-state index contributed by atoms with van der Waals surface area (Å²) in [7, 11) is 1.16. The number of methoxy groups -OCH3 is 1. The van der Waals surface area contributed by atoms with Gasteiger partial charge >= 0.3 is 6.18 Å². The van der Waals surface area contributed by atoms with Crippen molar-refractivity contribution >= 4 is 5.91 Å². The van der Waals surface area contributed by atoms with Crippen LogP contribution in [0.15, 0.2) is 6.07 Å². The molecule has 1 saturated carbocycles. The average molecular weight is 302 g/mol. The van der Waals surface area contributed by atoms with E-state index in [2.05, 4.69) is 4.98 Å². The molecule has 1 amide bonds. The van der Waals surface area contributed by atoms with Crippen molar-refractivity contribution < 1.29 is 22.7 Å². The van der Waals surface area contributed by atoms with Crippen LogP contribution in [0.1, 0.15) is 59.6 Å². The predicted molar refractivity (Wildman–Crippen MR) is 70.1 cm³/mol. The van der Waals surface area contributed by atoms with Gasteiger partial charge in [-0.15, -0.1) is 0 Å². The first-order valence-electron chi connectivity index (χ1n) is 6.80. The quantitative estimate of drug-likeness (QED) is 0.932. The lowest BCUT2D eigenvalue weighted by atomic mass is 9.82. The largest absolute Gasteiger partial charge is 0.480 e. The van der Waals surface area contributed by atoms with Crippen molar-refractivity contribution in [2.75, 3.05) is 7.11 Å². The summed E-state index contributed by atoms with van der Waals surface area (Å²) in [5.41, 5.74) is 4.18. The van der Waals surface area contributed by atoms with E-state index in [9.17, 15) is 18.0 Å². The summed E-state index contributed by atoms with van der Waals surface area (Å²) in [5, 5.41) is 0. The molecule has 2 N–H and O–H groups in total. The van der Waals surface area contributed by atoms with Gasteiger partial charge in [0.2, 0.25) is 5.88 Å². The summed E-state index contributed by atoms with van der Waals surface area (Å²) >= 11 is 0. The fraction of sp³-hybridized carbons (Fsp3) is 0.571. The van der Waals surface area contributed by atoms with E-state index in [0.29, 0.717) is 12.8 Å². The van der Waals surface area contributed by atoms with Crippen molar-refractivity contribution in [3.8, 4) is 5.88 Å². The van der Waals surface area contributed by atoms with Crippen molar-refractivity contribution in [2.24, 2.45) is 5.73 Å². The molecule has 0 saturated heterocycles. The molecule has 0 bridgehead atoms. The highest BCUT2D eigenvalue weighted by atomic mass is 19.4. The van der Waals surface area contributed by atoms with E-state index in [4.69, 9.17) is 10.5 Å². The molecule has 1 aliphatic carbocycles. The van der Waals surface area contributed by atoms with Crippen LogP contribution in [0.3, 0.4) is 0 Å². The minimum Gasteiger partial charge on any atom is -0.480 e. The molecule has 0 spiro atoms. The number of hydrogen-bond donors (Lipinski definition) is 1. The summed E-state index contributed by atoms with van der Waals surface area (Å²) in [6.07, 6.45) is -0.495. The molecule has 21 heavy (non-hydrogen) atoms. The number of carbonyl (C=O) groups is 1. The lowest BCUT2D eigenvalue weighted by Crippen LogP contribution is -2.21. The molecule has 0 radical (unpaired) electrons. The van der Waals surface area contributed by atoms with Crippen LogP contribution in [-0.2, 0) is 6.18 Å². The summed E-state index contributed by atoms with van der Waals surface area (Å²) < 4.78 is 44.4. The van der Waals surface area contributed by atoms with Crippen LogP contribution in [0.25, 0.3) is 0 Å². The fourth-order valence-electron chi connectivity index (χ4n) is 2.80. The van der Waals surface area contributed by atoms with E-state index in [0.717, 1.165) is 26.4 Å². The highest BCUT2D eigenvalue weighted by molar-refractivity contribution is 5.95. The molecule has 0 atom stereocenters. The maximum atomic E-state index is 13.2. The van der Waals surface area contributed by atoms with Crippen molar-refractivity contribution in [2.45, 2.75) is 44.2 Å². The molecule has 4 nitrogen and oxygen atoms in total. The maximum absolute atomic E-state index is 13.2. The second-order valence-corrected chi connectivity index (χ2v) is 5.18. The number of nitrogens with zero attached hydrogens (tertiary/aromatic N) is 1. The average Bonchev–Trinajstić information content (AvgIpc) is 2.45. The number of carbonyl (C=O) groups excluding carboxylic acids is 1. The Labute approximate surface area is 120 Å². The number of hydrogen-bond acceptors (Lipinski definition) is 3. The Kier molecular flexibility index (Phi) is 4.39. The predicted octanol–water partition coefficient (Wildman–Crippen LogP) is 3.26. The van der Waals surface area contributed by atoms with Crippen LogP contribution in [0.5, 0.6) is 5.88 Å². The second kappa shape index (κ2) is 5.91. The summed E-state index contributed by atoms with van der Waals surface area (Å²) in [6, 6.07) is 1.20. The van der Waals surface area contributed by atoms with Crippen LogP contribution >= 0.6 is 0 Å². The Bertz CT molecular complexity index is 538. The van der Waals surface area contributed by atoms with Gasteiger partial charge in [-0.25, -0.2) is 4.98 Å². The van der Waals surface area contributed by atoms with Crippen LogP contribution in [0.4, 0.5) is 13.2 Å². The van der Waals surface area contributed by atoms with Crippen LogP contribution in [-0.4, -0.2) is 18.0 Å². The van der Waals surface area contributed by atoms with Crippen LogP contribution < -0.4 is 10.5 Å². The SMILES string of the molecule is COc1nc(C(F)(F)F)c(C2CCCCC2)cc1C(N)=O. The van der Waals surface area contributed by atoms with Gasteiger partial charge in [0.15, 0.2) is 5.69 Å². The monoisotopic (exact) mass is 302 g/mol. The molecule has 0 aromatic carbocycles. The van der Waals surface area contributed by atoms with Gasteiger partial charge in [-0.2, -0.15) is 13.2 Å². The zero-order valence-corrected chi connectivity index (χ0v) is 11.7. The number of primary amides is 1. The third-order valence-corrected chi connectivity index (χ3v) is 3.79. The number of halogens is 3. The molecule has 1 aromatic heterocycles. The maximum Gasteiger partial charge on any atom is 0.433 e. The van der Waals surface area contributed by atoms with Gasteiger partial charge in [0, 0.05) is 0 Å². The van der Waals surface area contributed by atoms with Crippen molar-refractivity contribution in [3.05, 3.63) is 22.9 Å². The van der Waals surface area contributed by atoms with Crippen molar-refractivity contribution in [1.82, 2.24) is 4.98 Å². The number of alkyl halides is 3. The van der Waals surface area contributed by atoms with Gasteiger partial charge in [0.1, 0.15) is 5.56 Å². The molecular weight excluding hydrogens is 285 g/mol. The zero-order chi connectivity index (χ0) is 15.6. The first-order valence-corrected chi connectivity index (χ1v) is 6.80. The molecule has 1 heterocycles. The molecule has 1 aromatic rings. The van der Waals surface area contributed by atoms with Gasteiger partial charge < -0.3 is 10.5 Å². The van der Waals surface area contributed by atoms with E-state index in [1.165, 1.54) is 6.07 Å². The normalized spacial score (nSPS) is 16.8. The van der Waals surface area contributed by atoms with Crippen LogP contribution in [0.2, 0.25) is 0 Å². The lowest BCUT2D eigenvalue weighted by molar-refractivity contribution is -0.142. The molecule has 1 aliphatic rings. The van der Waals surface area contributed by atoms with E-state index in [1.807, 2.05) is 0 Å². The smallest absolute Gasteiger partial charge is 0.433 e. The molecule has 116 valence electrons. The third kappa shape index (κ3) is 3.28. The minimum absolute atomic E-state index is 0.0526. The Morgan fingerprint density at radius 1 is 1.33 bits per heavy atom.